The van der Waals surface area contributed by atoms with Gasteiger partial charge in [0.25, 0.3) is 0 Å². The van der Waals surface area contributed by atoms with Crippen molar-refractivity contribution in [1.29, 1.82) is 0 Å². The molecular formula is C12H25NO2. The molecule has 3 N–H and O–H groups in total. The average Bonchev–Trinajstić information content (AvgIpc) is 2.17. The number of rotatable bonds is 4. The van der Waals surface area contributed by atoms with E-state index in [1.165, 1.54) is 0 Å². The minimum atomic E-state index is -0.400. The van der Waals surface area contributed by atoms with Gasteiger partial charge in [-0.15, -0.1) is 0 Å². The van der Waals surface area contributed by atoms with Gasteiger partial charge >= 0.3 is 0 Å². The van der Waals surface area contributed by atoms with Crippen LogP contribution in [-0.4, -0.2) is 30.0 Å². The molecular weight excluding hydrogens is 190 g/mol. The van der Waals surface area contributed by atoms with Gasteiger partial charge in [-0.25, -0.2) is 0 Å². The van der Waals surface area contributed by atoms with Gasteiger partial charge in [0.15, 0.2) is 0 Å². The average molecular weight is 215 g/mol. The van der Waals surface area contributed by atoms with Gasteiger partial charge in [0.2, 0.25) is 0 Å². The molecule has 1 rings (SSSR count). The number of nitrogens with two attached hydrogens (primary N) is 1. The van der Waals surface area contributed by atoms with E-state index in [2.05, 4.69) is 13.8 Å². The van der Waals surface area contributed by atoms with E-state index in [1.807, 2.05) is 0 Å². The molecule has 0 heterocycles. The predicted molar refractivity (Wildman–Crippen MR) is 61.7 cm³/mol. The summed E-state index contributed by atoms with van der Waals surface area (Å²) < 4.78 is 5.80. The lowest BCUT2D eigenvalue weighted by molar-refractivity contribution is -0.103. The first-order valence-corrected chi connectivity index (χ1v) is 5.91. The highest BCUT2D eigenvalue weighted by atomic mass is 16.5. The standard InChI is InChI=1S/C12H25NO2/c1-10(14)8-15-12(9-13)6-4-11(2,3)5-7-12/h10,14H,4-9,13H2,1-3H3. The van der Waals surface area contributed by atoms with Crippen molar-refractivity contribution >= 4 is 0 Å². The first-order valence-electron chi connectivity index (χ1n) is 5.91. The van der Waals surface area contributed by atoms with Crippen molar-refractivity contribution in [3.63, 3.8) is 0 Å². The third-order valence-electron chi connectivity index (χ3n) is 3.52. The maximum atomic E-state index is 9.23. The van der Waals surface area contributed by atoms with E-state index in [9.17, 15) is 5.11 Å². The van der Waals surface area contributed by atoms with E-state index in [4.69, 9.17) is 10.5 Å². The highest BCUT2D eigenvalue weighted by Crippen LogP contribution is 2.41. The SMILES string of the molecule is CC(O)COC1(CN)CCC(C)(C)CC1. The molecule has 1 atom stereocenters. The second-order valence-electron chi connectivity index (χ2n) is 5.71. The fourth-order valence-electron chi connectivity index (χ4n) is 2.09. The third kappa shape index (κ3) is 3.74. The molecule has 1 aliphatic carbocycles. The molecule has 0 spiro atoms. The Bertz CT molecular complexity index is 186. The van der Waals surface area contributed by atoms with E-state index in [0.29, 0.717) is 18.6 Å². The van der Waals surface area contributed by atoms with Crippen LogP contribution in [-0.2, 0) is 4.74 Å². The van der Waals surface area contributed by atoms with Crippen LogP contribution in [0, 0.1) is 5.41 Å². The van der Waals surface area contributed by atoms with Crippen molar-refractivity contribution in [1.82, 2.24) is 0 Å². The van der Waals surface area contributed by atoms with E-state index >= 15 is 0 Å². The van der Waals surface area contributed by atoms with Crippen molar-refractivity contribution in [2.24, 2.45) is 11.1 Å². The minimum Gasteiger partial charge on any atom is -0.391 e. The maximum Gasteiger partial charge on any atom is 0.0805 e. The Kier molecular flexibility index (Phi) is 4.15. The molecule has 0 saturated heterocycles. The van der Waals surface area contributed by atoms with Crippen LogP contribution in [0.2, 0.25) is 0 Å². The first kappa shape index (κ1) is 12.9. The van der Waals surface area contributed by atoms with E-state index < -0.39 is 6.10 Å². The Morgan fingerprint density at radius 1 is 1.27 bits per heavy atom. The molecule has 0 radical (unpaired) electrons. The quantitative estimate of drug-likeness (QED) is 0.750. The molecule has 3 heteroatoms. The molecule has 0 bridgehead atoms. The zero-order valence-corrected chi connectivity index (χ0v) is 10.3. The minimum absolute atomic E-state index is 0.174. The van der Waals surface area contributed by atoms with Gasteiger partial charge in [0.1, 0.15) is 0 Å². The second-order valence-corrected chi connectivity index (χ2v) is 5.71. The summed E-state index contributed by atoms with van der Waals surface area (Å²) in [5, 5.41) is 9.23. The van der Waals surface area contributed by atoms with E-state index in [-0.39, 0.29) is 5.60 Å². The smallest absolute Gasteiger partial charge is 0.0805 e. The molecule has 15 heavy (non-hydrogen) atoms. The summed E-state index contributed by atoms with van der Waals surface area (Å²) in [5.74, 6) is 0. The highest BCUT2D eigenvalue weighted by Gasteiger charge is 2.38. The lowest BCUT2D eigenvalue weighted by Crippen LogP contribution is -2.46. The van der Waals surface area contributed by atoms with Crippen molar-refractivity contribution in [3.8, 4) is 0 Å². The molecule has 0 aromatic heterocycles. The normalized spacial score (nSPS) is 26.2. The van der Waals surface area contributed by atoms with Crippen LogP contribution in [0.1, 0.15) is 46.5 Å². The third-order valence-corrected chi connectivity index (χ3v) is 3.52. The topological polar surface area (TPSA) is 55.5 Å². The van der Waals surface area contributed by atoms with Gasteiger partial charge in [-0.3, -0.25) is 0 Å². The largest absolute Gasteiger partial charge is 0.391 e. The van der Waals surface area contributed by atoms with Crippen LogP contribution in [0.4, 0.5) is 0 Å². The summed E-state index contributed by atoms with van der Waals surface area (Å²) in [6, 6.07) is 0. The van der Waals surface area contributed by atoms with Gasteiger partial charge in [-0.1, -0.05) is 13.8 Å². The van der Waals surface area contributed by atoms with Crippen molar-refractivity contribution in [2.75, 3.05) is 13.2 Å². The fraction of sp³-hybridized carbons (Fsp3) is 1.00. The second kappa shape index (κ2) is 4.81. The molecule has 1 unspecified atom stereocenters. The molecule has 1 aliphatic rings. The summed E-state index contributed by atoms with van der Waals surface area (Å²) in [6.45, 7) is 7.30. The summed E-state index contributed by atoms with van der Waals surface area (Å²) in [7, 11) is 0. The van der Waals surface area contributed by atoms with Crippen molar-refractivity contribution in [3.05, 3.63) is 0 Å². The Balaban J connectivity index is 2.49. The Hall–Kier alpha value is -0.120. The Labute approximate surface area is 93.0 Å². The fourth-order valence-corrected chi connectivity index (χ4v) is 2.09. The van der Waals surface area contributed by atoms with Crippen LogP contribution in [0.25, 0.3) is 0 Å². The van der Waals surface area contributed by atoms with Crippen LogP contribution in [0.15, 0.2) is 0 Å². The number of hydrogen-bond acceptors (Lipinski definition) is 3. The van der Waals surface area contributed by atoms with Gasteiger partial charge in [0.05, 0.1) is 18.3 Å². The number of aliphatic hydroxyl groups excluding tert-OH is 1. The Morgan fingerprint density at radius 2 is 1.80 bits per heavy atom. The van der Waals surface area contributed by atoms with Gasteiger partial charge < -0.3 is 15.6 Å². The number of aliphatic hydroxyl groups is 1. The maximum absolute atomic E-state index is 9.23. The molecule has 3 nitrogen and oxygen atoms in total. The van der Waals surface area contributed by atoms with E-state index in [0.717, 1.165) is 25.7 Å². The lowest BCUT2D eigenvalue weighted by Gasteiger charge is -2.43. The van der Waals surface area contributed by atoms with Gasteiger partial charge in [-0.2, -0.15) is 0 Å². The van der Waals surface area contributed by atoms with Crippen molar-refractivity contribution < 1.29 is 9.84 Å². The zero-order chi connectivity index (χ0) is 11.5. The van der Waals surface area contributed by atoms with Crippen molar-refractivity contribution in [2.45, 2.75) is 58.2 Å². The summed E-state index contributed by atoms with van der Waals surface area (Å²) in [6.07, 6.45) is 3.95. The molecule has 1 fully saturated rings. The summed E-state index contributed by atoms with van der Waals surface area (Å²) in [5.41, 5.74) is 6.06. The van der Waals surface area contributed by atoms with E-state index in [1.54, 1.807) is 6.92 Å². The number of ether oxygens (including phenoxy) is 1. The van der Waals surface area contributed by atoms with Crippen LogP contribution >= 0.6 is 0 Å². The van der Waals surface area contributed by atoms with Crippen LogP contribution in [0.3, 0.4) is 0 Å². The lowest BCUT2D eigenvalue weighted by atomic mass is 9.71. The number of hydrogen-bond donors (Lipinski definition) is 2. The van der Waals surface area contributed by atoms with Gasteiger partial charge in [-0.05, 0) is 38.0 Å². The predicted octanol–water partition coefficient (Wildman–Crippen LogP) is 1.68. The molecule has 0 aromatic carbocycles. The molecule has 0 aliphatic heterocycles. The zero-order valence-electron chi connectivity index (χ0n) is 10.3. The van der Waals surface area contributed by atoms with Crippen LogP contribution in [0.5, 0.6) is 0 Å². The summed E-state index contributed by atoms with van der Waals surface area (Å²) >= 11 is 0. The molecule has 90 valence electrons. The highest BCUT2D eigenvalue weighted by molar-refractivity contribution is 4.91. The van der Waals surface area contributed by atoms with Crippen LogP contribution < -0.4 is 5.73 Å². The monoisotopic (exact) mass is 215 g/mol. The molecule has 1 saturated carbocycles. The molecule has 0 amide bonds. The van der Waals surface area contributed by atoms with Gasteiger partial charge in [0, 0.05) is 6.54 Å². The Morgan fingerprint density at radius 3 is 2.20 bits per heavy atom. The molecule has 0 aromatic rings. The summed E-state index contributed by atoms with van der Waals surface area (Å²) in [4.78, 5) is 0. The first-order chi connectivity index (χ1) is 6.89.